The Morgan fingerprint density at radius 2 is 2.09 bits per heavy atom. The van der Waals surface area contributed by atoms with Crippen LogP contribution in [0.15, 0.2) is 24.3 Å². The molecule has 3 rings (SSSR count). The molecule has 2 heterocycles. The van der Waals surface area contributed by atoms with Crippen LogP contribution < -0.4 is 0 Å². The zero-order valence-corrected chi connectivity index (χ0v) is 13.3. The van der Waals surface area contributed by atoms with E-state index in [2.05, 4.69) is 9.59 Å². The number of rotatable bonds is 2. The van der Waals surface area contributed by atoms with Gasteiger partial charge in [-0.2, -0.15) is 0 Å². The molecule has 1 aromatic carbocycles. The first-order valence-electron chi connectivity index (χ1n) is 7.49. The Hall–Kier alpha value is -1.82. The molecule has 1 amide bonds. The molecular formula is C16H18FN3OS. The molecule has 1 aromatic heterocycles. The molecule has 1 aliphatic rings. The van der Waals surface area contributed by atoms with Crippen LogP contribution in [0.4, 0.5) is 4.39 Å². The quantitative estimate of drug-likeness (QED) is 0.852. The van der Waals surface area contributed by atoms with Crippen molar-refractivity contribution in [1.29, 1.82) is 0 Å². The molecule has 6 heteroatoms. The van der Waals surface area contributed by atoms with Crippen molar-refractivity contribution in [2.24, 2.45) is 0 Å². The van der Waals surface area contributed by atoms with Gasteiger partial charge in [0.05, 0.1) is 5.69 Å². The lowest BCUT2D eigenvalue weighted by Gasteiger charge is -2.24. The van der Waals surface area contributed by atoms with Gasteiger partial charge < -0.3 is 4.90 Å². The molecule has 4 nitrogen and oxygen atoms in total. The minimum atomic E-state index is -0.225. The zero-order chi connectivity index (χ0) is 15.5. The van der Waals surface area contributed by atoms with E-state index < -0.39 is 0 Å². The van der Waals surface area contributed by atoms with Gasteiger partial charge >= 0.3 is 0 Å². The van der Waals surface area contributed by atoms with E-state index in [1.54, 1.807) is 0 Å². The maximum Gasteiger partial charge on any atom is 0.267 e. The number of halogens is 1. The van der Waals surface area contributed by atoms with Crippen LogP contribution in [0.5, 0.6) is 0 Å². The van der Waals surface area contributed by atoms with Crippen molar-refractivity contribution in [2.75, 3.05) is 13.1 Å². The number of amides is 1. The number of carbonyl (C=O) groups excluding carboxylic acids is 1. The summed E-state index contributed by atoms with van der Waals surface area (Å²) in [4.78, 5) is 15.2. The number of benzene rings is 1. The highest BCUT2D eigenvalue weighted by Gasteiger charge is 2.26. The zero-order valence-electron chi connectivity index (χ0n) is 12.5. The molecule has 116 valence electrons. The fourth-order valence-electron chi connectivity index (χ4n) is 2.90. The van der Waals surface area contributed by atoms with Gasteiger partial charge in [0, 0.05) is 19.0 Å². The molecule has 1 fully saturated rings. The monoisotopic (exact) mass is 319 g/mol. The average Bonchev–Trinajstić information content (AvgIpc) is 2.80. The number of nitrogens with zero attached hydrogens (tertiary/aromatic N) is 3. The first-order chi connectivity index (χ1) is 10.6. The molecule has 0 radical (unpaired) electrons. The summed E-state index contributed by atoms with van der Waals surface area (Å²) in [7, 11) is 0. The predicted molar refractivity (Wildman–Crippen MR) is 83.5 cm³/mol. The van der Waals surface area contributed by atoms with Crippen molar-refractivity contribution in [1.82, 2.24) is 14.5 Å². The van der Waals surface area contributed by atoms with Crippen molar-refractivity contribution in [3.8, 4) is 0 Å². The van der Waals surface area contributed by atoms with E-state index in [1.165, 1.54) is 12.1 Å². The topological polar surface area (TPSA) is 46.1 Å². The predicted octanol–water partition coefficient (Wildman–Crippen LogP) is 3.40. The Morgan fingerprint density at radius 3 is 2.77 bits per heavy atom. The van der Waals surface area contributed by atoms with Gasteiger partial charge in [-0.25, -0.2) is 4.39 Å². The summed E-state index contributed by atoms with van der Waals surface area (Å²) < 4.78 is 16.9. The average molecular weight is 319 g/mol. The van der Waals surface area contributed by atoms with Gasteiger partial charge in [-0.3, -0.25) is 4.79 Å². The fraction of sp³-hybridized carbons (Fsp3) is 0.438. The number of carbonyl (C=O) groups is 1. The number of hydrogen-bond donors (Lipinski definition) is 0. The van der Waals surface area contributed by atoms with Crippen molar-refractivity contribution in [2.45, 2.75) is 32.1 Å². The van der Waals surface area contributed by atoms with E-state index >= 15 is 0 Å². The Kier molecular flexibility index (Phi) is 4.47. The number of aryl methyl sites for hydroxylation is 1. The van der Waals surface area contributed by atoms with Gasteiger partial charge in [-0.15, -0.1) is 5.10 Å². The van der Waals surface area contributed by atoms with Crippen molar-refractivity contribution in [3.63, 3.8) is 0 Å². The third-order valence-corrected chi connectivity index (χ3v) is 4.96. The molecule has 1 atom stereocenters. The van der Waals surface area contributed by atoms with Crippen LogP contribution in [0.3, 0.4) is 0 Å². The third kappa shape index (κ3) is 3.16. The summed E-state index contributed by atoms with van der Waals surface area (Å²) in [5.74, 6) is 0.0476. The summed E-state index contributed by atoms with van der Waals surface area (Å²) in [5, 5.41) is 3.92. The van der Waals surface area contributed by atoms with Crippen LogP contribution in [-0.4, -0.2) is 33.5 Å². The smallest absolute Gasteiger partial charge is 0.267 e. The van der Waals surface area contributed by atoms with Crippen molar-refractivity contribution in [3.05, 3.63) is 46.2 Å². The Bertz CT molecular complexity index is 656. The van der Waals surface area contributed by atoms with Crippen molar-refractivity contribution < 1.29 is 9.18 Å². The lowest BCUT2D eigenvalue weighted by molar-refractivity contribution is 0.0758. The molecule has 22 heavy (non-hydrogen) atoms. The summed E-state index contributed by atoms with van der Waals surface area (Å²) in [6.07, 6.45) is 3.09. The Morgan fingerprint density at radius 1 is 1.32 bits per heavy atom. The number of likely N-dealkylation sites (tertiary alicyclic amines) is 1. The molecular weight excluding hydrogens is 301 g/mol. The summed E-state index contributed by atoms with van der Waals surface area (Å²) in [6.45, 7) is 3.24. The standard InChI is InChI=1S/C16H18FN3OS/c1-11-15(22-19-18-11)16(21)20-9-3-2-4-13(10-20)12-5-7-14(17)8-6-12/h5-8,13H,2-4,9-10H2,1H3/t13-/m1/s1. The van der Waals surface area contributed by atoms with Crippen LogP contribution in [0, 0.1) is 12.7 Å². The molecule has 0 unspecified atom stereocenters. The fourth-order valence-corrected chi connectivity index (χ4v) is 3.53. The van der Waals surface area contributed by atoms with Crippen LogP contribution in [0.1, 0.15) is 46.1 Å². The highest BCUT2D eigenvalue weighted by atomic mass is 32.1. The molecule has 0 aliphatic carbocycles. The van der Waals surface area contributed by atoms with E-state index in [9.17, 15) is 9.18 Å². The van der Waals surface area contributed by atoms with E-state index in [1.807, 2.05) is 24.0 Å². The second kappa shape index (κ2) is 6.52. The third-order valence-electron chi connectivity index (χ3n) is 4.15. The lowest BCUT2D eigenvalue weighted by Crippen LogP contribution is -2.34. The molecule has 0 spiro atoms. The van der Waals surface area contributed by atoms with E-state index in [-0.39, 0.29) is 17.6 Å². The first kappa shape index (κ1) is 15.1. The van der Waals surface area contributed by atoms with Gasteiger partial charge in [0.1, 0.15) is 10.7 Å². The molecule has 0 N–H and O–H groups in total. The maximum atomic E-state index is 13.1. The minimum absolute atomic E-state index is 0.0153. The molecule has 1 aliphatic heterocycles. The van der Waals surface area contributed by atoms with Crippen LogP contribution in [-0.2, 0) is 0 Å². The summed E-state index contributed by atoms with van der Waals surface area (Å²) >= 11 is 1.16. The SMILES string of the molecule is Cc1nnsc1C(=O)N1CCCC[C@@H](c2ccc(F)cc2)C1. The van der Waals surface area contributed by atoms with Crippen LogP contribution >= 0.6 is 11.5 Å². The van der Waals surface area contributed by atoms with Crippen LogP contribution in [0.2, 0.25) is 0 Å². The molecule has 1 saturated heterocycles. The Labute approximate surface area is 133 Å². The molecule has 0 saturated carbocycles. The van der Waals surface area contributed by atoms with Gasteiger partial charge in [0.2, 0.25) is 0 Å². The summed E-state index contributed by atoms with van der Waals surface area (Å²) in [6, 6.07) is 6.63. The van der Waals surface area contributed by atoms with Crippen molar-refractivity contribution >= 4 is 17.4 Å². The molecule has 2 aromatic rings. The van der Waals surface area contributed by atoms with Gasteiger partial charge in [0.15, 0.2) is 0 Å². The van der Waals surface area contributed by atoms with E-state index in [0.717, 1.165) is 42.9 Å². The number of hydrogen-bond acceptors (Lipinski definition) is 4. The molecule has 0 bridgehead atoms. The van der Waals surface area contributed by atoms with Crippen LogP contribution in [0.25, 0.3) is 0 Å². The largest absolute Gasteiger partial charge is 0.337 e. The van der Waals surface area contributed by atoms with Gasteiger partial charge in [-0.1, -0.05) is 23.0 Å². The second-order valence-corrected chi connectivity index (χ2v) is 6.44. The highest BCUT2D eigenvalue weighted by molar-refractivity contribution is 7.07. The van der Waals surface area contributed by atoms with E-state index in [4.69, 9.17) is 0 Å². The minimum Gasteiger partial charge on any atom is -0.337 e. The summed E-state index contributed by atoms with van der Waals surface area (Å²) in [5.41, 5.74) is 1.79. The maximum absolute atomic E-state index is 13.1. The lowest BCUT2D eigenvalue weighted by atomic mass is 9.94. The first-order valence-corrected chi connectivity index (χ1v) is 8.26. The number of aromatic nitrogens is 2. The van der Waals surface area contributed by atoms with E-state index in [0.29, 0.717) is 17.1 Å². The highest BCUT2D eigenvalue weighted by Crippen LogP contribution is 2.28. The normalized spacial score (nSPS) is 19.0. The van der Waals surface area contributed by atoms with Gasteiger partial charge in [-0.05, 0) is 49.0 Å². The van der Waals surface area contributed by atoms with Gasteiger partial charge in [0.25, 0.3) is 5.91 Å². The Balaban J connectivity index is 1.79. The second-order valence-electron chi connectivity index (χ2n) is 5.68.